The summed E-state index contributed by atoms with van der Waals surface area (Å²) in [7, 11) is 1.95. The Labute approximate surface area is 155 Å². The van der Waals surface area contributed by atoms with Gasteiger partial charge in [0.15, 0.2) is 11.3 Å². The normalized spacial score (nSPS) is 11.7. The molecule has 0 aliphatic carbocycles. The van der Waals surface area contributed by atoms with Crippen LogP contribution in [0.2, 0.25) is 5.02 Å². The third-order valence-corrected chi connectivity index (χ3v) is 4.79. The molecule has 7 nitrogen and oxygen atoms in total. The van der Waals surface area contributed by atoms with Crippen molar-refractivity contribution in [2.45, 2.75) is 26.3 Å². The number of rotatable bonds is 6. The lowest BCUT2D eigenvalue weighted by Gasteiger charge is -2.15. The molecule has 0 aliphatic heterocycles. The third-order valence-electron chi connectivity index (χ3n) is 4.53. The second-order valence-corrected chi connectivity index (χ2v) is 6.82. The lowest BCUT2D eigenvalue weighted by atomic mass is 10.2. The van der Waals surface area contributed by atoms with Gasteiger partial charge < -0.3 is 4.90 Å². The standard InChI is InChI=1S/C18H19ClN6O/c1-3-4-9-23(2)17-22-15-14-16(21-11-20-15)24(18(26)25(14)17)10-12-5-7-13(19)8-6-12/h5-8,11H,3-4,9-10H2,1-2H3. The molecule has 0 N–H and O–H groups in total. The summed E-state index contributed by atoms with van der Waals surface area (Å²) >= 11 is 5.96. The van der Waals surface area contributed by atoms with Gasteiger partial charge >= 0.3 is 5.69 Å². The van der Waals surface area contributed by atoms with Gasteiger partial charge in [0.2, 0.25) is 5.95 Å². The lowest BCUT2D eigenvalue weighted by molar-refractivity contribution is 0.728. The molecule has 26 heavy (non-hydrogen) atoms. The van der Waals surface area contributed by atoms with Gasteiger partial charge in [-0.3, -0.25) is 4.57 Å². The highest BCUT2D eigenvalue weighted by atomic mass is 35.5. The molecule has 0 fully saturated rings. The van der Waals surface area contributed by atoms with E-state index in [1.165, 1.54) is 6.33 Å². The summed E-state index contributed by atoms with van der Waals surface area (Å²) < 4.78 is 3.28. The molecular formula is C18H19ClN6O. The molecule has 0 spiro atoms. The first-order valence-electron chi connectivity index (χ1n) is 8.61. The zero-order valence-electron chi connectivity index (χ0n) is 14.7. The third kappa shape index (κ3) is 2.68. The predicted molar refractivity (Wildman–Crippen MR) is 102 cm³/mol. The Kier molecular flexibility index (Phi) is 4.24. The van der Waals surface area contributed by atoms with Crippen LogP contribution in [-0.4, -0.2) is 37.5 Å². The fourth-order valence-electron chi connectivity index (χ4n) is 3.14. The van der Waals surface area contributed by atoms with Gasteiger partial charge in [0.1, 0.15) is 11.8 Å². The predicted octanol–water partition coefficient (Wildman–Crippen LogP) is 2.82. The van der Waals surface area contributed by atoms with Gasteiger partial charge in [0, 0.05) is 18.6 Å². The van der Waals surface area contributed by atoms with E-state index in [2.05, 4.69) is 21.9 Å². The Morgan fingerprint density at radius 2 is 1.96 bits per heavy atom. The molecule has 1 aromatic carbocycles. The number of halogens is 1. The van der Waals surface area contributed by atoms with Crippen LogP contribution in [0.3, 0.4) is 0 Å². The first-order chi connectivity index (χ1) is 12.6. The van der Waals surface area contributed by atoms with E-state index >= 15 is 0 Å². The highest BCUT2D eigenvalue weighted by Gasteiger charge is 2.23. The van der Waals surface area contributed by atoms with Crippen molar-refractivity contribution in [1.82, 2.24) is 23.9 Å². The molecule has 8 heteroatoms. The maximum absolute atomic E-state index is 13.1. The second kappa shape index (κ2) is 6.57. The molecule has 0 aliphatic rings. The maximum atomic E-state index is 13.1. The largest absolute Gasteiger partial charge is 0.345 e. The first-order valence-corrected chi connectivity index (χ1v) is 8.99. The summed E-state index contributed by atoms with van der Waals surface area (Å²) in [5.41, 5.74) is 2.63. The topological polar surface area (TPSA) is 68.3 Å². The number of nitrogens with zero attached hydrogens (tertiary/aromatic N) is 6. The SMILES string of the molecule is CCCCN(C)c1nc2ncnc3c2n1c(=O)n3Cc1ccc(Cl)cc1. The van der Waals surface area contributed by atoms with Crippen LogP contribution in [0.15, 0.2) is 35.4 Å². The van der Waals surface area contributed by atoms with Crippen molar-refractivity contribution >= 4 is 34.4 Å². The van der Waals surface area contributed by atoms with Crippen LogP contribution in [-0.2, 0) is 6.54 Å². The van der Waals surface area contributed by atoms with Crippen LogP contribution in [0.5, 0.6) is 0 Å². The minimum atomic E-state index is -0.156. The average Bonchev–Trinajstić information content (AvgIpc) is 3.17. The van der Waals surface area contributed by atoms with Gasteiger partial charge in [-0.1, -0.05) is 37.1 Å². The van der Waals surface area contributed by atoms with Crippen LogP contribution < -0.4 is 10.6 Å². The van der Waals surface area contributed by atoms with Crippen LogP contribution in [0.4, 0.5) is 5.95 Å². The molecule has 0 atom stereocenters. The molecule has 4 rings (SSSR count). The van der Waals surface area contributed by atoms with E-state index < -0.39 is 0 Å². The van der Waals surface area contributed by atoms with Gasteiger partial charge in [-0.2, -0.15) is 4.98 Å². The van der Waals surface area contributed by atoms with Crippen molar-refractivity contribution in [1.29, 1.82) is 0 Å². The fourth-order valence-corrected chi connectivity index (χ4v) is 3.27. The van der Waals surface area contributed by atoms with E-state index in [9.17, 15) is 4.79 Å². The quantitative estimate of drug-likeness (QED) is 0.522. The summed E-state index contributed by atoms with van der Waals surface area (Å²) in [5.74, 6) is 0.610. The molecule has 134 valence electrons. The molecule has 3 aromatic heterocycles. The molecular weight excluding hydrogens is 352 g/mol. The molecule has 0 unspecified atom stereocenters. The minimum absolute atomic E-state index is 0.156. The minimum Gasteiger partial charge on any atom is -0.345 e. The number of aromatic nitrogens is 5. The Balaban J connectivity index is 1.86. The molecule has 0 bridgehead atoms. The summed E-state index contributed by atoms with van der Waals surface area (Å²) in [5, 5.41) is 0.668. The van der Waals surface area contributed by atoms with Gasteiger partial charge in [0.25, 0.3) is 0 Å². The number of imidazole rings is 2. The van der Waals surface area contributed by atoms with E-state index in [1.54, 1.807) is 8.97 Å². The number of benzene rings is 1. The van der Waals surface area contributed by atoms with Crippen LogP contribution in [0.25, 0.3) is 16.8 Å². The zero-order chi connectivity index (χ0) is 18.3. The molecule has 4 aromatic rings. The van der Waals surface area contributed by atoms with Gasteiger partial charge in [-0.15, -0.1) is 0 Å². The Bertz CT molecular complexity index is 1100. The first kappa shape index (κ1) is 16.8. The van der Waals surface area contributed by atoms with Crippen molar-refractivity contribution < 1.29 is 0 Å². The smallest absolute Gasteiger partial charge is 0.337 e. The van der Waals surface area contributed by atoms with Crippen LogP contribution in [0.1, 0.15) is 25.3 Å². The van der Waals surface area contributed by atoms with Gasteiger partial charge in [0.05, 0.1) is 6.54 Å². The van der Waals surface area contributed by atoms with Crippen LogP contribution in [0, 0.1) is 0 Å². The van der Waals surface area contributed by atoms with E-state index in [4.69, 9.17) is 11.6 Å². The van der Waals surface area contributed by atoms with Crippen molar-refractivity contribution in [3.8, 4) is 0 Å². The van der Waals surface area contributed by atoms with E-state index in [-0.39, 0.29) is 5.69 Å². The van der Waals surface area contributed by atoms with E-state index in [1.807, 2.05) is 36.2 Å². The number of hydrogen-bond donors (Lipinski definition) is 0. The Hall–Kier alpha value is -2.67. The van der Waals surface area contributed by atoms with Crippen molar-refractivity contribution in [3.63, 3.8) is 0 Å². The van der Waals surface area contributed by atoms with E-state index in [0.29, 0.717) is 34.3 Å². The summed E-state index contributed by atoms with van der Waals surface area (Å²) in [4.78, 5) is 28.3. The second-order valence-electron chi connectivity index (χ2n) is 6.39. The summed E-state index contributed by atoms with van der Waals surface area (Å²) in [6, 6.07) is 7.46. The van der Waals surface area contributed by atoms with Crippen LogP contribution >= 0.6 is 11.6 Å². The zero-order valence-corrected chi connectivity index (χ0v) is 15.4. The van der Waals surface area contributed by atoms with Gasteiger partial charge in [-0.25, -0.2) is 19.2 Å². The number of anilines is 1. The lowest BCUT2D eigenvalue weighted by Crippen LogP contribution is -2.27. The highest BCUT2D eigenvalue weighted by Crippen LogP contribution is 2.23. The molecule has 0 amide bonds. The maximum Gasteiger partial charge on any atom is 0.337 e. The molecule has 0 saturated carbocycles. The van der Waals surface area contributed by atoms with Crippen molar-refractivity contribution in [3.05, 3.63) is 51.7 Å². The fraction of sp³-hybridized carbons (Fsp3) is 0.333. The Morgan fingerprint density at radius 1 is 1.19 bits per heavy atom. The van der Waals surface area contributed by atoms with Gasteiger partial charge in [-0.05, 0) is 24.1 Å². The molecule has 0 saturated heterocycles. The summed E-state index contributed by atoms with van der Waals surface area (Å²) in [6.45, 7) is 3.38. The monoisotopic (exact) mass is 370 g/mol. The number of hydrogen-bond acceptors (Lipinski definition) is 5. The number of unbranched alkanes of at least 4 members (excludes halogenated alkanes) is 1. The average molecular weight is 371 g/mol. The highest BCUT2D eigenvalue weighted by molar-refractivity contribution is 6.30. The molecule has 3 heterocycles. The molecule has 0 radical (unpaired) electrons. The van der Waals surface area contributed by atoms with Crippen molar-refractivity contribution in [2.24, 2.45) is 0 Å². The summed E-state index contributed by atoms with van der Waals surface area (Å²) in [6.07, 6.45) is 3.56. The van der Waals surface area contributed by atoms with Crippen molar-refractivity contribution in [2.75, 3.05) is 18.5 Å². The van der Waals surface area contributed by atoms with E-state index in [0.717, 1.165) is 24.9 Å². The Morgan fingerprint density at radius 3 is 2.69 bits per heavy atom.